The van der Waals surface area contributed by atoms with Crippen LogP contribution in [-0.4, -0.2) is 49.7 Å². The lowest BCUT2D eigenvalue weighted by Crippen LogP contribution is -2.41. The molecule has 1 aliphatic carbocycles. The number of amides is 1. The van der Waals surface area contributed by atoms with Gasteiger partial charge in [-0.1, -0.05) is 6.42 Å². The highest BCUT2D eigenvalue weighted by Gasteiger charge is 2.33. The first kappa shape index (κ1) is 17.3. The highest BCUT2D eigenvalue weighted by Crippen LogP contribution is 2.29. The number of benzene rings is 1. The zero-order chi connectivity index (χ0) is 17.3. The van der Waals surface area contributed by atoms with E-state index < -0.39 is 21.7 Å². The van der Waals surface area contributed by atoms with Crippen molar-refractivity contribution in [2.75, 3.05) is 26.2 Å². The third kappa shape index (κ3) is 3.30. The topological polar surface area (TPSA) is 57.7 Å². The number of hydrogen-bond donors (Lipinski definition) is 0. The van der Waals surface area contributed by atoms with E-state index in [1.54, 1.807) is 4.90 Å². The largest absolute Gasteiger partial charge is 0.341 e. The van der Waals surface area contributed by atoms with Crippen LogP contribution < -0.4 is 0 Å². The number of sulfonamides is 1. The molecule has 3 rings (SSSR count). The molecule has 1 aromatic carbocycles. The van der Waals surface area contributed by atoms with Gasteiger partial charge in [0.05, 0.1) is 4.90 Å². The minimum atomic E-state index is -3.90. The predicted molar refractivity (Wildman–Crippen MR) is 83.7 cm³/mol. The molecule has 0 spiro atoms. The van der Waals surface area contributed by atoms with E-state index in [0.29, 0.717) is 25.6 Å². The molecule has 1 amide bonds. The Bertz CT molecular complexity index is 735. The van der Waals surface area contributed by atoms with Gasteiger partial charge in [0.25, 0.3) is 0 Å². The molecular weight excluding hydrogens is 338 g/mol. The molecule has 1 saturated carbocycles. The monoisotopic (exact) mass is 358 g/mol. The number of carbonyl (C=O) groups is 1. The number of rotatable bonds is 3. The Hall–Kier alpha value is -1.54. The van der Waals surface area contributed by atoms with Gasteiger partial charge >= 0.3 is 0 Å². The molecule has 2 fully saturated rings. The highest BCUT2D eigenvalue weighted by atomic mass is 32.2. The summed E-state index contributed by atoms with van der Waals surface area (Å²) in [6, 6.07) is 2.58. The molecule has 1 heterocycles. The number of hydrogen-bond acceptors (Lipinski definition) is 3. The second-order valence-electron chi connectivity index (χ2n) is 6.29. The van der Waals surface area contributed by atoms with Gasteiger partial charge in [-0.3, -0.25) is 4.79 Å². The third-order valence-electron chi connectivity index (χ3n) is 4.75. The summed E-state index contributed by atoms with van der Waals surface area (Å²) in [6.07, 6.45) is 3.42. The number of nitrogens with zero attached hydrogens (tertiary/aromatic N) is 2. The smallest absolute Gasteiger partial charge is 0.243 e. The summed E-state index contributed by atoms with van der Waals surface area (Å²) in [5, 5.41) is 0. The van der Waals surface area contributed by atoms with Crippen LogP contribution in [0.15, 0.2) is 23.1 Å². The second-order valence-corrected chi connectivity index (χ2v) is 8.22. The first-order chi connectivity index (χ1) is 11.4. The van der Waals surface area contributed by atoms with E-state index in [9.17, 15) is 22.0 Å². The summed E-state index contributed by atoms with van der Waals surface area (Å²) in [4.78, 5) is 13.8. The Balaban J connectivity index is 1.72. The molecule has 1 aliphatic heterocycles. The van der Waals surface area contributed by atoms with Crippen molar-refractivity contribution in [2.45, 2.75) is 30.6 Å². The van der Waals surface area contributed by atoms with E-state index >= 15 is 0 Å². The molecule has 0 bridgehead atoms. The van der Waals surface area contributed by atoms with Crippen LogP contribution in [0.5, 0.6) is 0 Å². The van der Waals surface area contributed by atoms with E-state index in [1.807, 2.05) is 0 Å². The van der Waals surface area contributed by atoms with Crippen LogP contribution in [0.3, 0.4) is 0 Å². The van der Waals surface area contributed by atoms with Crippen molar-refractivity contribution < 1.29 is 22.0 Å². The first-order valence-corrected chi connectivity index (χ1v) is 9.57. The van der Waals surface area contributed by atoms with Gasteiger partial charge in [-0.15, -0.1) is 0 Å². The number of carbonyl (C=O) groups excluding carboxylic acids is 1. The first-order valence-electron chi connectivity index (χ1n) is 8.13. The summed E-state index contributed by atoms with van der Waals surface area (Å²) in [6.45, 7) is 1.28. The van der Waals surface area contributed by atoms with Crippen LogP contribution >= 0.6 is 0 Å². The van der Waals surface area contributed by atoms with Crippen LogP contribution in [0.1, 0.15) is 25.7 Å². The summed E-state index contributed by atoms with van der Waals surface area (Å²) < 4.78 is 52.8. The fourth-order valence-electron chi connectivity index (χ4n) is 3.05. The van der Waals surface area contributed by atoms with Gasteiger partial charge in [0.2, 0.25) is 15.9 Å². The van der Waals surface area contributed by atoms with E-state index in [1.165, 1.54) is 4.31 Å². The molecular formula is C16H20F2N2O3S. The van der Waals surface area contributed by atoms with Gasteiger partial charge < -0.3 is 4.90 Å². The van der Waals surface area contributed by atoms with Crippen molar-refractivity contribution in [1.82, 2.24) is 9.21 Å². The minimum Gasteiger partial charge on any atom is -0.341 e. The summed E-state index contributed by atoms with van der Waals surface area (Å²) in [7, 11) is -3.90. The molecule has 0 unspecified atom stereocenters. The molecule has 0 atom stereocenters. The zero-order valence-corrected chi connectivity index (χ0v) is 14.1. The average Bonchev–Trinajstić information content (AvgIpc) is 2.74. The Labute approximate surface area is 140 Å². The Kier molecular flexibility index (Phi) is 4.87. The molecule has 24 heavy (non-hydrogen) atoms. The van der Waals surface area contributed by atoms with Crippen LogP contribution in [0.4, 0.5) is 8.78 Å². The van der Waals surface area contributed by atoms with Crippen LogP contribution in [0.25, 0.3) is 0 Å². The van der Waals surface area contributed by atoms with E-state index in [4.69, 9.17) is 0 Å². The van der Waals surface area contributed by atoms with Crippen molar-refractivity contribution in [3.05, 3.63) is 29.8 Å². The van der Waals surface area contributed by atoms with Crippen molar-refractivity contribution in [3.63, 3.8) is 0 Å². The summed E-state index contributed by atoms with van der Waals surface area (Å²) in [5.74, 6) is -2.08. The normalized spacial score (nSPS) is 20.5. The lowest BCUT2D eigenvalue weighted by Gasteiger charge is -2.31. The molecule has 0 N–H and O–H groups in total. The molecule has 0 aromatic heterocycles. The quantitative estimate of drug-likeness (QED) is 0.830. The highest BCUT2D eigenvalue weighted by molar-refractivity contribution is 7.89. The van der Waals surface area contributed by atoms with Crippen LogP contribution in [0.2, 0.25) is 0 Å². The maximum absolute atomic E-state index is 13.3. The van der Waals surface area contributed by atoms with Gasteiger partial charge in [-0.2, -0.15) is 4.31 Å². The molecule has 2 aliphatic rings. The summed E-state index contributed by atoms with van der Waals surface area (Å²) >= 11 is 0. The average molecular weight is 358 g/mol. The lowest BCUT2D eigenvalue weighted by molar-refractivity contribution is -0.138. The minimum absolute atomic E-state index is 0.0827. The van der Waals surface area contributed by atoms with Crippen molar-refractivity contribution in [1.29, 1.82) is 0 Å². The van der Waals surface area contributed by atoms with Gasteiger partial charge in [0.15, 0.2) is 11.6 Å². The maximum Gasteiger partial charge on any atom is 0.243 e. The fourth-order valence-corrected chi connectivity index (χ4v) is 4.54. The molecule has 1 saturated heterocycles. The summed E-state index contributed by atoms with van der Waals surface area (Å²) in [5.41, 5.74) is 0. The molecule has 0 radical (unpaired) electrons. The molecule has 5 nitrogen and oxygen atoms in total. The molecule has 1 aromatic rings. The Morgan fingerprint density at radius 1 is 1.00 bits per heavy atom. The van der Waals surface area contributed by atoms with E-state index in [2.05, 4.69) is 0 Å². The van der Waals surface area contributed by atoms with Gasteiger partial charge in [0, 0.05) is 32.1 Å². The van der Waals surface area contributed by atoms with Crippen LogP contribution in [-0.2, 0) is 14.8 Å². The lowest BCUT2D eigenvalue weighted by atomic mass is 9.84. The SMILES string of the molecule is O=C(C1CCC1)N1CCCN(S(=O)(=O)c2ccc(F)c(F)c2)CC1. The van der Waals surface area contributed by atoms with E-state index in [0.717, 1.165) is 31.4 Å². The standard InChI is InChI=1S/C16H20F2N2O3S/c17-14-6-5-13(11-15(14)18)24(22,23)20-8-2-7-19(9-10-20)16(21)12-3-1-4-12/h5-6,11-12H,1-4,7-10H2. The molecule has 132 valence electrons. The van der Waals surface area contributed by atoms with Gasteiger partial charge in [-0.05, 0) is 37.5 Å². The van der Waals surface area contributed by atoms with Crippen LogP contribution in [0, 0.1) is 17.6 Å². The number of halogens is 2. The third-order valence-corrected chi connectivity index (χ3v) is 6.64. The van der Waals surface area contributed by atoms with Crippen molar-refractivity contribution in [3.8, 4) is 0 Å². The van der Waals surface area contributed by atoms with E-state index in [-0.39, 0.29) is 29.8 Å². The van der Waals surface area contributed by atoms with Crippen molar-refractivity contribution >= 4 is 15.9 Å². The Morgan fingerprint density at radius 2 is 1.75 bits per heavy atom. The van der Waals surface area contributed by atoms with Gasteiger partial charge in [-0.25, -0.2) is 17.2 Å². The molecule has 8 heteroatoms. The second kappa shape index (κ2) is 6.76. The fraction of sp³-hybridized carbons (Fsp3) is 0.562. The Morgan fingerprint density at radius 3 is 2.38 bits per heavy atom. The predicted octanol–water partition coefficient (Wildman–Crippen LogP) is 1.99. The van der Waals surface area contributed by atoms with Crippen molar-refractivity contribution in [2.24, 2.45) is 5.92 Å². The van der Waals surface area contributed by atoms with Gasteiger partial charge in [0.1, 0.15) is 0 Å². The maximum atomic E-state index is 13.3. The zero-order valence-electron chi connectivity index (χ0n) is 13.2.